The zero-order valence-electron chi connectivity index (χ0n) is 6.83. The lowest BCUT2D eigenvalue weighted by atomic mass is 10.6. The largest absolute Gasteiger partial charge is 0.340 e. The molecule has 2 N–H and O–H groups in total. The van der Waals surface area contributed by atoms with Crippen LogP contribution in [0.15, 0.2) is 0 Å². The fraction of sp³-hybridized carbons (Fsp3) is 1.00. The third-order valence-electron chi connectivity index (χ3n) is 1.36. The second kappa shape index (κ2) is 6.19. The van der Waals surface area contributed by atoms with Gasteiger partial charge in [-0.25, -0.2) is 9.76 Å². The van der Waals surface area contributed by atoms with Gasteiger partial charge in [-0.05, 0) is 7.05 Å². The lowest BCUT2D eigenvalue weighted by Gasteiger charge is -2.24. The predicted octanol–water partition coefficient (Wildman–Crippen LogP) is 1.09. The van der Waals surface area contributed by atoms with Gasteiger partial charge in [0.15, 0.2) is 0 Å². The van der Waals surface area contributed by atoms with Crippen molar-refractivity contribution >= 4 is 30.9 Å². The number of hydrogen-bond acceptors (Lipinski definition) is 1. The quantitative estimate of drug-likeness (QED) is 0.534. The van der Waals surface area contributed by atoms with Crippen molar-refractivity contribution in [1.29, 1.82) is 0 Å². The van der Waals surface area contributed by atoms with Gasteiger partial charge in [0.25, 0.3) is 0 Å². The van der Waals surface area contributed by atoms with Crippen LogP contribution in [0.2, 0.25) is 0 Å². The molecule has 0 saturated heterocycles. The standard InChI is InChI=1S/C5H13Cl2N2O2P/c1-8-12(10,11)9(4-2-6)5-3-7/h2-5H2,1H3,(H2,8,10,11). The van der Waals surface area contributed by atoms with Crippen LogP contribution in [0.5, 0.6) is 0 Å². The van der Waals surface area contributed by atoms with Crippen LogP contribution < -0.4 is 5.09 Å². The SMILES string of the molecule is CNP(=O)(O)N(CCCl)CCCl. The first kappa shape index (κ1) is 12.7. The van der Waals surface area contributed by atoms with Gasteiger partial charge in [-0.15, -0.1) is 23.2 Å². The van der Waals surface area contributed by atoms with Gasteiger partial charge in [0.1, 0.15) is 0 Å². The van der Waals surface area contributed by atoms with E-state index in [-0.39, 0.29) is 0 Å². The van der Waals surface area contributed by atoms with Crippen molar-refractivity contribution in [3.05, 3.63) is 0 Å². The topological polar surface area (TPSA) is 52.6 Å². The Morgan fingerprint density at radius 1 is 1.42 bits per heavy atom. The first-order valence-corrected chi connectivity index (χ1v) is 6.15. The minimum Gasteiger partial charge on any atom is -0.322 e. The molecule has 0 radical (unpaired) electrons. The van der Waals surface area contributed by atoms with Crippen molar-refractivity contribution in [2.75, 3.05) is 31.9 Å². The van der Waals surface area contributed by atoms with Crippen LogP contribution in [0.3, 0.4) is 0 Å². The van der Waals surface area contributed by atoms with Gasteiger partial charge >= 0.3 is 7.67 Å². The molecule has 0 fully saturated rings. The summed E-state index contributed by atoms with van der Waals surface area (Å²) in [6, 6.07) is 0. The van der Waals surface area contributed by atoms with E-state index in [1.165, 1.54) is 11.7 Å². The zero-order valence-corrected chi connectivity index (χ0v) is 9.24. The fourth-order valence-corrected chi connectivity index (χ4v) is 2.39. The number of nitrogens with one attached hydrogen (secondary N) is 1. The van der Waals surface area contributed by atoms with Crippen LogP contribution in [0.4, 0.5) is 0 Å². The average molecular weight is 235 g/mol. The summed E-state index contributed by atoms with van der Waals surface area (Å²) in [6.07, 6.45) is 0. The molecule has 0 aliphatic heterocycles. The van der Waals surface area contributed by atoms with Crippen molar-refractivity contribution in [2.24, 2.45) is 0 Å². The Kier molecular flexibility index (Phi) is 6.55. The Morgan fingerprint density at radius 2 is 1.83 bits per heavy atom. The Morgan fingerprint density at radius 3 is 2.08 bits per heavy atom. The highest BCUT2D eigenvalue weighted by atomic mass is 35.5. The lowest BCUT2D eigenvalue weighted by molar-refractivity contribution is 0.358. The van der Waals surface area contributed by atoms with Crippen molar-refractivity contribution in [2.45, 2.75) is 0 Å². The summed E-state index contributed by atoms with van der Waals surface area (Å²) < 4.78 is 12.7. The molecule has 0 aromatic heterocycles. The van der Waals surface area contributed by atoms with Gasteiger partial charge in [0.05, 0.1) is 0 Å². The van der Waals surface area contributed by atoms with Crippen LogP contribution in [-0.2, 0) is 4.57 Å². The highest BCUT2D eigenvalue weighted by Gasteiger charge is 2.24. The van der Waals surface area contributed by atoms with E-state index < -0.39 is 7.67 Å². The van der Waals surface area contributed by atoms with E-state index in [1.54, 1.807) is 0 Å². The molecule has 0 rings (SSSR count). The average Bonchev–Trinajstić information content (AvgIpc) is 2.04. The maximum absolute atomic E-state index is 11.3. The molecule has 0 amide bonds. The van der Waals surface area contributed by atoms with Crippen molar-refractivity contribution < 1.29 is 9.46 Å². The predicted molar refractivity (Wildman–Crippen MR) is 51.9 cm³/mol. The van der Waals surface area contributed by atoms with E-state index in [4.69, 9.17) is 23.2 Å². The molecule has 7 heteroatoms. The summed E-state index contributed by atoms with van der Waals surface area (Å²) in [5.41, 5.74) is 0. The van der Waals surface area contributed by atoms with E-state index in [1.807, 2.05) is 0 Å². The molecule has 1 atom stereocenters. The van der Waals surface area contributed by atoms with Crippen molar-refractivity contribution in [3.8, 4) is 0 Å². The third-order valence-corrected chi connectivity index (χ3v) is 3.45. The third kappa shape index (κ3) is 4.08. The Bertz CT molecular complexity index is 164. The highest BCUT2D eigenvalue weighted by molar-refractivity contribution is 7.53. The summed E-state index contributed by atoms with van der Waals surface area (Å²) in [5, 5.41) is 2.33. The summed E-state index contributed by atoms with van der Waals surface area (Å²) in [7, 11) is -1.98. The molecule has 0 saturated carbocycles. The van der Waals surface area contributed by atoms with Crippen LogP contribution >= 0.6 is 30.9 Å². The summed E-state index contributed by atoms with van der Waals surface area (Å²) in [5.74, 6) is 0.617. The fourth-order valence-electron chi connectivity index (χ4n) is 0.719. The molecule has 4 nitrogen and oxygen atoms in total. The van der Waals surface area contributed by atoms with E-state index in [2.05, 4.69) is 5.09 Å². The Hall–Kier alpha value is 0.690. The molecule has 74 valence electrons. The minimum atomic E-state index is -3.40. The molecule has 0 aromatic carbocycles. The summed E-state index contributed by atoms with van der Waals surface area (Å²) in [6.45, 7) is 0.700. The number of halogens is 2. The molecular weight excluding hydrogens is 222 g/mol. The second-order valence-electron chi connectivity index (χ2n) is 2.10. The number of rotatable bonds is 6. The van der Waals surface area contributed by atoms with Crippen LogP contribution in [-0.4, -0.2) is 41.5 Å². The normalized spacial score (nSPS) is 16.4. The number of nitrogens with zero attached hydrogens (tertiary/aromatic N) is 1. The van der Waals surface area contributed by atoms with Gasteiger partial charge < -0.3 is 4.89 Å². The van der Waals surface area contributed by atoms with Crippen molar-refractivity contribution in [3.63, 3.8) is 0 Å². The van der Waals surface area contributed by atoms with E-state index in [0.29, 0.717) is 24.8 Å². The maximum atomic E-state index is 11.3. The molecule has 1 unspecified atom stereocenters. The molecule has 0 heterocycles. The Labute approximate surface area is 82.4 Å². The monoisotopic (exact) mass is 234 g/mol. The van der Waals surface area contributed by atoms with Crippen molar-refractivity contribution in [1.82, 2.24) is 9.76 Å². The Balaban J connectivity index is 4.17. The second-order valence-corrected chi connectivity index (χ2v) is 4.96. The molecule has 0 bridgehead atoms. The number of hydrogen-bond donors (Lipinski definition) is 2. The first-order chi connectivity index (χ1) is 5.58. The van der Waals surface area contributed by atoms with Gasteiger partial charge in [-0.1, -0.05) is 0 Å². The summed E-state index contributed by atoms with van der Waals surface area (Å²) in [4.78, 5) is 9.30. The van der Waals surface area contributed by atoms with Crippen LogP contribution in [0.25, 0.3) is 0 Å². The van der Waals surface area contributed by atoms with Gasteiger partial charge in [-0.3, -0.25) is 4.57 Å². The molecule has 0 aromatic rings. The lowest BCUT2D eigenvalue weighted by Crippen LogP contribution is -2.29. The smallest absolute Gasteiger partial charge is 0.322 e. The number of alkyl halides is 2. The minimum absolute atomic E-state index is 0.309. The maximum Gasteiger partial charge on any atom is 0.340 e. The van der Waals surface area contributed by atoms with Gasteiger partial charge in [-0.2, -0.15) is 0 Å². The summed E-state index contributed by atoms with van der Waals surface area (Å²) >= 11 is 10.9. The molecular formula is C5H13Cl2N2O2P. The van der Waals surface area contributed by atoms with Gasteiger partial charge in [0.2, 0.25) is 0 Å². The molecule has 12 heavy (non-hydrogen) atoms. The van der Waals surface area contributed by atoms with Crippen LogP contribution in [0.1, 0.15) is 0 Å². The molecule has 0 aliphatic carbocycles. The van der Waals surface area contributed by atoms with E-state index in [9.17, 15) is 9.46 Å². The van der Waals surface area contributed by atoms with Crippen LogP contribution in [0, 0.1) is 0 Å². The first-order valence-electron chi connectivity index (χ1n) is 3.47. The molecule has 0 aliphatic rings. The zero-order chi connectivity index (χ0) is 9.61. The highest BCUT2D eigenvalue weighted by Crippen LogP contribution is 2.38. The van der Waals surface area contributed by atoms with E-state index >= 15 is 0 Å². The molecule has 0 spiro atoms. The van der Waals surface area contributed by atoms with Gasteiger partial charge in [0, 0.05) is 24.8 Å². The van der Waals surface area contributed by atoms with E-state index in [0.717, 1.165) is 0 Å².